The van der Waals surface area contributed by atoms with Crippen molar-refractivity contribution in [3.8, 4) is 5.75 Å². The van der Waals surface area contributed by atoms with E-state index in [9.17, 15) is 8.78 Å². The maximum absolute atomic E-state index is 12.0. The Bertz CT molecular complexity index is 326. The number of ether oxygens (including phenoxy) is 1. The van der Waals surface area contributed by atoms with Gasteiger partial charge in [0.1, 0.15) is 5.75 Å². The highest BCUT2D eigenvalue weighted by Crippen LogP contribution is 2.23. The van der Waals surface area contributed by atoms with Crippen LogP contribution in [0.1, 0.15) is 37.9 Å². The third-order valence-electron chi connectivity index (χ3n) is 2.16. The van der Waals surface area contributed by atoms with Gasteiger partial charge >= 0.3 is 6.61 Å². The number of aromatic nitrogens is 1. The van der Waals surface area contributed by atoms with Gasteiger partial charge in [0.15, 0.2) is 0 Å². The molecule has 0 aliphatic rings. The molecule has 0 bridgehead atoms. The normalized spacial score (nSPS) is 11.1. The van der Waals surface area contributed by atoms with Crippen LogP contribution in [0.4, 0.5) is 8.78 Å². The molecule has 0 spiro atoms. The molecule has 0 N–H and O–H groups in total. The zero-order valence-corrected chi connectivity index (χ0v) is 9.13. The van der Waals surface area contributed by atoms with E-state index in [-0.39, 0.29) is 11.7 Å². The van der Waals surface area contributed by atoms with Crippen LogP contribution < -0.4 is 4.74 Å². The van der Waals surface area contributed by atoms with Crippen molar-refractivity contribution in [3.05, 3.63) is 23.5 Å². The number of aryl methyl sites for hydroxylation is 1. The van der Waals surface area contributed by atoms with Gasteiger partial charge in [0.05, 0.1) is 6.20 Å². The summed E-state index contributed by atoms with van der Waals surface area (Å²) in [5, 5.41) is 0. The topological polar surface area (TPSA) is 22.1 Å². The average molecular weight is 215 g/mol. The molecule has 0 fully saturated rings. The summed E-state index contributed by atoms with van der Waals surface area (Å²) in [6.07, 6.45) is 2.03. The lowest BCUT2D eigenvalue weighted by Crippen LogP contribution is -2.06. The van der Waals surface area contributed by atoms with Crippen molar-refractivity contribution in [2.45, 2.75) is 39.7 Å². The Morgan fingerprint density at radius 1 is 1.40 bits per heavy atom. The second-order valence-electron chi connectivity index (χ2n) is 3.60. The van der Waals surface area contributed by atoms with Gasteiger partial charge < -0.3 is 4.74 Å². The Hall–Kier alpha value is -1.19. The van der Waals surface area contributed by atoms with Crippen molar-refractivity contribution in [1.82, 2.24) is 4.98 Å². The van der Waals surface area contributed by atoms with Gasteiger partial charge in [-0.25, -0.2) is 0 Å². The summed E-state index contributed by atoms with van der Waals surface area (Å²) in [5.41, 5.74) is 1.67. The summed E-state index contributed by atoms with van der Waals surface area (Å²) in [7, 11) is 0. The quantitative estimate of drug-likeness (QED) is 0.768. The molecule has 1 aromatic heterocycles. The molecule has 0 aliphatic heterocycles. The standard InChI is InChI=1S/C11H15F2NO/c1-4-8-5-9(7(2)3)14-6-10(8)15-11(12)13/h5-7,11H,4H2,1-3H3. The molecule has 0 radical (unpaired) electrons. The van der Waals surface area contributed by atoms with Crippen LogP contribution in [0.2, 0.25) is 0 Å². The Kier molecular flexibility index (Phi) is 4.00. The van der Waals surface area contributed by atoms with Gasteiger partial charge in [0, 0.05) is 5.69 Å². The second kappa shape index (κ2) is 5.05. The smallest absolute Gasteiger partial charge is 0.387 e. The Labute approximate surface area is 88.3 Å². The van der Waals surface area contributed by atoms with Crippen LogP contribution in [-0.2, 0) is 6.42 Å². The lowest BCUT2D eigenvalue weighted by molar-refractivity contribution is -0.0506. The third kappa shape index (κ3) is 3.15. The lowest BCUT2D eigenvalue weighted by Gasteiger charge is -2.11. The van der Waals surface area contributed by atoms with Gasteiger partial charge in [0.25, 0.3) is 0 Å². The summed E-state index contributed by atoms with van der Waals surface area (Å²) < 4.78 is 28.5. The average Bonchev–Trinajstić information content (AvgIpc) is 2.17. The van der Waals surface area contributed by atoms with Gasteiger partial charge in [-0.05, 0) is 24.0 Å². The summed E-state index contributed by atoms with van der Waals surface area (Å²) in [5.74, 6) is 0.466. The molecule has 0 aromatic carbocycles. The minimum Gasteiger partial charge on any atom is -0.433 e. The Morgan fingerprint density at radius 3 is 2.53 bits per heavy atom. The van der Waals surface area contributed by atoms with E-state index in [1.807, 2.05) is 26.8 Å². The summed E-state index contributed by atoms with van der Waals surface area (Å²) in [6.45, 7) is 3.13. The van der Waals surface area contributed by atoms with Crippen LogP contribution in [0.25, 0.3) is 0 Å². The first-order valence-corrected chi connectivity index (χ1v) is 4.98. The molecule has 0 aliphatic carbocycles. The van der Waals surface area contributed by atoms with Crippen LogP contribution in [0.3, 0.4) is 0 Å². The minimum atomic E-state index is -2.79. The van der Waals surface area contributed by atoms with Crippen molar-refractivity contribution in [3.63, 3.8) is 0 Å². The zero-order chi connectivity index (χ0) is 11.4. The van der Waals surface area contributed by atoms with Crippen molar-refractivity contribution in [2.75, 3.05) is 0 Å². The van der Waals surface area contributed by atoms with Crippen molar-refractivity contribution >= 4 is 0 Å². The van der Waals surface area contributed by atoms with Crippen molar-refractivity contribution < 1.29 is 13.5 Å². The maximum atomic E-state index is 12.0. The molecule has 0 unspecified atom stereocenters. The molecular formula is C11H15F2NO. The monoisotopic (exact) mass is 215 g/mol. The number of pyridine rings is 1. The number of rotatable bonds is 4. The SMILES string of the molecule is CCc1cc(C(C)C)ncc1OC(F)F. The summed E-state index contributed by atoms with van der Waals surface area (Å²) >= 11 is 0. The van der Waals surface area contributed by atoms with Gasteiger partial charge in [0.2, 0.25) is 0 Å². The van der Waals surface area contributed by atoms with Gasteiger partial charge in [-0.2, -0.15) is 8.78 Å². The molecule has 1 rings (SSSR count). The van der Waals surface area contributed by atoms with Crippen LogP contribution in [0.5, 0.6) is 5.75 Å². The van der Waals surface area contributed by atoms with Crippen LogP contribution in [0, 0.1) is 0 Å². The van der Waals surface area contributed by atoms with E-state index in [1.165, 1.54) is 6.20 Å². The van der Waals surface area contributed by atoms with E-state index in [4.69, 9.17) is 0 Å². The van der Waals surface area contributed by atoms with Crippen LogP contribution in [0.15, 0.2) is 12.3 Å². The fourth-order valence-electron chi connectivity index (χ4n) is 1.30. The van der Waals surface area contributed by atoms with Crippen LogP contribution >= 0.6 is 0 Å². The fraction of sp³-hybridized carbons (Fsp3) is 0.545. The van der Waals surface area contributed by atoms with Crippen molar-refractivity contribution in [1.29, 1.82) is 0 Å². The highest BCUT2D eigenvalue weighted by molar-refractivity contribution is 5.33. The first-order valence-electron chi connectivity index (χ1n) is 4.98. The summed E-state index contributed by atoms with van der Waals surface area (Å²) in [6, 6.07) is 1.82. The van der Waals surface area contributed by atoms with Crippen molar-refractivity contribution in [2.24, 2.45) is 0 Å². The molecule has 0 atom stereocenters. The lowest BCUT2D eigenvalue weighted by atomic mass is 10.1. The largest absolute Gasteiger partial charge is 0.433 e. The Morgan fingerprint density at radius 2 is 2.07 bits per heavy atom. The Balaban J connectivity index is 2.98. The molecule has 0 amide bonds. The van der Waals surface area contributed by atoms with E-state index < -0.39 is 6.61 Å². The molecule has 1 aromatic rings. The molecular weight excluding hydrogens is 200 g/mol. The van der Waals surface area contributed by atoms with E-state index in [2.05, 4.69) is 9.72 Å². The molecule has 4 heteroatoms. The van der Waals surface area contributed by atoms with Gasteiger partial charge in [-0.3, -0.25) is 4.98 Å². The minimum absolute atomic E-state index is 0.178. The molecule has 15 heavy (non-hydrogen) atoms. The van der Waals surface area contributed by atoms with Gasteiger partial charge in [-0.1, -0.05) is 20.8 Å². The van der Waals surface area contributed by atoms with E-state index >= 15 is 0 Å². The molecule has 2 nitrogen and oxygen atoms in total. The number of hydrogen-bond donors (Lipinski definition) is 0. The highest BCUT2D eigenvalue weighted by atomic mass is 19.3. The second-order valence-corrected chi connectivity index (χ2v) is 3.60. The number of alkyl halides is 2. The predicted molar refractivity (Wildman–Crippen MR) is 54.3 cm³/mol. The molecule has 0 saturated heterocycles. The summed E-state index contributed by atoms with van der Waals surface area (Å²) in [4.78, 5) is 4.08. The molecule has 84 valence electrons. The first-order chi connectivity index (χ1) is 7.04. The third-order valence-corrected chi connectivity index (χ3v) is 2.16. The zero-order valence-electron chi connectivity index (χ0n) is 9.13. The fourth-order valence-corrected chi connectivity index (χ4v) is 1.30. The molecule has 1 heterocycles. The van der Waals surface area contributed by atoms with Gasteiger partial charge in [-0.15, -0.1) is 0 Å². The van der Waals surface area contributed by atoms with E-state index in [1.54, 1.807) is 0 Å². The number of hydrogen-bond acceptors (Lipinski definition) is 2. The van der Waals surface area contributed by atoms with E-state index in [0.717, 1.165) is 11.3 Å². The van der Waals surface area contributed by atoms with E-state index in [0.29, 0.717) is 6.42 Å². The molecule has 0 saturated carbocycles. The maximum Gasteiger partial charge on any atom is 0.387 e. The van der Waals surface area contributed by atoms with Crippen LogP contribution in [-0.4, -0.2) is 11.6 Å². The predicted octanol–water partition coefficient (Wildman–Crippen LogP) is 3.37. The number of halogens is 2. The first kappa shape index (κ1) is 11.9. The highest BCUT2D eigenvalue weighted by Gasteiger charge is 2.11. The number of nitrogens with zero attached hydrogens (tertiary/aromatic N) is 1.